The van der Waals surface area contributed by atoms with E-state index < -0.39 is 12.0 Å². The van der Waals surface area contributed by atoms with Crippen molar-refractivity contribution < 1.29 is 19.0 Å². The number of ether oxygens (including phenoxy) is 3. The molecule has 0 amide bonds. The van der Waals surface area contributed by atoms with Gasteiger partial charge >= 0.3 is 5.97 Å². The van der Waals surface area contributed by atoms with Crippen molar-refractivity contribution in [3.05, 3.63) is 33.3 Å². The van der Waals surface area contributed by atoms with Crippen LogP contribution in [0.15, 0.2) is 21.6 Å². The maximum atomic E-state index is 11.5. The van der Waals surface area contributed by atoms with Crippen LogP contribution in [0.1, 0.15) is 22.7 Å². The Balaban J connectivity index is 2.16. The number of nitriles is 2. The van der Waals surface area contributed by atoms with Gasteiger partial charge < -0.3 is 31.0 Å². The summed E-state index contributed by atoms with van der Waals surface area (Å²) in [7, 11) is 2.68. The number of fused-ring (bicyclic) bond motifs is 1. The van der Waals surface area contributed by atoms with Crippen molar-refractivity contribution in [3.8, 4) is 23.8 Å². The molecule has 32 heavy (non-hydrogen) atoms. The van der Waals surface area contributed by atoms with E-state index in [9.17, 15) is 10.1 Å². The fourth-order valence-corrected chi connectivity index (χ4v) is 3.62. The Hall–Kier alpha value is -4.23. The number of guanidine groups is 1. The van der Waals surface area contributed by atoms with E-state index in [-0.39, 0.29) is 41.2 Å². The Kier molecular flexibility index (Phi) is 6.51. The van der Waals surface area contributed by atoms with Gasteiger partial charge in [-0.25, -0.2) is 14.8 Å². The number of esters is 1. The molecule has 1 atom stereocenters. The van der Waals surface area contributed by atoms with E-state index in [2.05, 4.69) is 41.3 Å². The monoisotopic (exact) mass is 500 g/mol. The van der Waals surface area contributed by atoms with Crippen molar-refractivity contribution in [1.82, 2.24) is 10.3 Å². The molecule has 0 fully saturated rings. The molecule has 1 unspecified atom stereocenters. The Morgan fingerprint density at radius 3 is 2.72 bits per heavy atom. The lowest BCUT2D eigenvalue weighted by molar-refractivity contribution is -0.142. The third kappa shape index (κ3) is 4.14. The lowest BCUT2D eigenvalue weighted by Crippen LogP contribution is -2.32. The summed E-state index contributed by atoms with van der Waals surface area (Å²) >= 11 is 3.41. The van der Waals surface area contributed by atoms with E-state index in [1.807, 2.05) is 6.07 Å². The molecule has 3 rings (SSSR count). The number of hydrogen-bond donors (Lipinski definition) is 4. The fraction of sp³-hybridized carbons (Fsp3) is 0.211. The molecule has 13 heteroatoms. The fourth-order valence-electron chi connectivity index (χ4n) is 3.05. The Morgan fingerprint density at radius 1 is 1.34 bits per heavy atom. The topological polar surface area (TPSA) is 194 Å². The third-order valence-electron chi connectivity index (χ3n) is 4.49. The number of hydrogen-bond acceptors (Lipinski definition) is 12. The van der Waals surface area contributed by atoms with E-state index in [1.165, 1.54) is 14.2 Å². The number of nitrogen functional groups attached to an aromatic ring is 2. The molecule has 0 spiro atoms. The summed E-state index contributed by atoms with van der Waals surface area (Å²) in [6.07, 6.45) is 1.78. The summed E-state index contributed by atoms with van der Waals surface area (Å²) in [4.78, 5) is 20.2. The largest absolute Gasteiger partial charge is 0.493 e. The molecule has 2 aromatic rings. The number of aromatic nitrogens is 1. The number of carbonyl (C=O) groups is 1. The molecule has 0 saturated carbocycles. The molecule has 6 N–H and O–H groups in total. The Morgan fingerprint density at radius 2 is 2.09 bits per heavy atom. The summed E-state index contributed by atoms with van der Waals surface area (Å²) in [5.74, 6) is 0.313. The van der Waals surface area contributed by atoms with Gasteiger partial charge in [-0.2, -0.15) is 10.5 Å². The molecule has 0 aliphatic carbocycles. The second-order valence-corrected chi connectivity index (χ2v) is 7.16. The van der Waals surface area contributed by atoms with Crippen LogP contribution >= 0.6 is 15.9 Å². The molecule has 12 nitrogen and oxygen atoms in total. The van der Waals surface area contributed by atoms with E-state index >= 15 is 0 Å². The van der Waals surface area contributed by atoms with Crippen LogP contribution in [0.2, 0.25) is 0 Å². The number of anilines is 3. The van der Waals surface area contributed by atoms with Crippen LogP contribution in [-0.2, 0) is 9.53 Å². The van der Waals surface area contributed by atoms with Crippen LogP contribution in [0, 0.1) is 22.8 Å². The van der Waals surface area contributed by atoms with Crippen LogP contribution < -0.4 is 31.6 Å². The first-order valence-electron chi connectivity index (χ1n) is 8.90. The van der Waals surface area contributed by atoms with E-state index in [0.29, 0.717) is 21.3 Å². The number of nitrogens with two attached hydrogens (primary N) is 2. The first-order chi connectivity index (χ1) is 15.3. The standard InChI is InChI=1S/C19H17BrN8O4/c1-30-11-4-8(3-10(20)16(11)32-6-12(29)31-2)15-13-14(23)9(5-21)17(24)27-18(13)28-19(26-15)25-7-22/h3-4,15H,6H2,1-2H3,(H6,23,24,25,26,27,28). The van der Waals surface area contributed by atoms with Crippen molar-refractivity contribution in [3.63, 3.8) is 0 Å². The number of pyridine rings is 1. The summed E-state index contributed by atoms with van der Waals surface area (Å²) in [5, 5.41) is 23.7. The van der Waals surface area contributed by atoms with Crippen LogP contribution in [0.5, 0.6) is 11.5 Å². The Bertz CT molecular complexity index is 1200. The summed E-state index contributed by atoms with van der Waals surface area (Å²) in [6, 6.07) is 4.48. The average Bonchev–Trinajstić information content (AvgIpc) is 2.77. The minimum Gasteiger partial charge on any atom is -0.493 e. The van der Waals surface area contributed by atoms with Crippen molar-refractivity contribution in [1.29, 1.82) is 10.5 Å². The average molecular weight is 501 g/mol. The highest BCUT2D eigenvalue weighted by atomic mass is 79.9. The smallest absolute Gasteiger partial charge is 0.343 e. The summed E-state index contributed by atoms with van der Waals surface area (Å²) in [6.45, 7) is -0.322. The van der Waals surface area contributed by atoms with Crippen LogP contribution in [-0.4, -0.2) is 37.7 Å². The zero-order valence-electron chi connectivity index (χ0n) is 16.9. The number of aliphatic imine (C=N–C) groups is 1. The molecular weight excluding hydrogens is 484 g/mol. The van der Waals surface area contributed by atoms with Crippen molar-refractivity contribution in [2.75, 3.05) is 37.6 Å². The van der Waals surface area contributed by atoms with Gasteiger partial charge in [-0.05, 0) is 33.6 Å². The van der Waals surface area contributed by atoms with Crippen molar-refractivity contribution >= 4 is 45.2 Å². The number of benzene rings is 1. The van der Waals surface area contributed by atoms with Crippen LogP contribution in [0.25, 0.3) is 0 Å². The van der Waals surface area contributed by atoms with Gasteiger partial charge in [-0.3, -0.25) is 5.32 Å². The highest BCUT2D eigenvalue weighted by molar-refractivity contribution is 9.10. The maximum absolute atomic E-state index is 11.5. The maximum Gasteiger partial charge on any atom is 0.343 e. The second-order valence-electron chi connectivity index (χ2n) is 6.30. The quantitative estimate of drug-likeness (QED) is 0.263. The minimum atomic E-state index is -0.776. The van der Waals surface area contributed by atoms with Gasteiger partial charge in [0.2, 0.25) is 5.96 Å². The van der Waals surface area contributed by atoms with E-state index in [0.717, 1.165) is 0 Å². The van der Waals surface area contributed by atoms with Gasteiger partial charge in [-0.1, -0.05) is 0 Å². The van der Waals surface area contributed by atoms with Crippen molar-refractivity contribution in [2.45, 2.75) is 6.04 Å². The van der Waals surface area contributed by atoms with Gasteiger partial charge in [0, 0.05) is 5.56 Å². The van der Waals surface area contributed by atoms with Crippen LogP contribution in [0.3, 0.4) is 0 Å². The Labute approximate surface area is 190 Å². The van der Waals surface area contributed by atoms with Gasteiger partial charge in [0.1, 0.15) is 29.3 Å². The highest BCUT2D eigenvalue weighted by Gasteiger charge is 2.31. The molecule has 1 aromatic carbocycles. The molecule has 0 radical (unpaired) electrons. The zero-order valence-corrected chi connectivity index (χ0v) is 18.5. The number of rotatable bonds is 5. The van der Waals surface area contributed by atoms with E-state index in [1.54, 1.807) is 18.3 Å². The molecule has 1 aliphatic heterocycles. The number of methoxy groups -OCH3 is 2. The second kappa shape index (κ2) is 9.28. The van der Waals surface area contributed by atoms with Gasteiger partial charge in [0.05, 0.1) is 24.4 Å². The lowest BCUT2D eigenvalue weighted by Gasteiger charge is -2.27. The number of nitrogens with one attached hydrogen (secondary N) is 2. The molecule has 0 saturated heterocycles. The molecule has 2 heterocycles. The van der Waals surface area contributed by atoms with Crippen molar-refractivity contribution in [2.24, 2.45) is 4.99 Å². The molecule has 0 bridgehead atoms. The zero-order chi connectivity index (χ0) is 23.4. The molecule has 1 aliphatic rings. The SMILES string of the molecule is COC(=O)COc1c(Br)cc(C2N=C(NC#N)Nc3nc(N)c(C#N)c(N)c32)cc1OC. The number of carbonyl (C=O) groups excluding carboxylic acids is 1. The normalized spacial score (nSPS) is 14.0. The molecular formula is C19H17BrN8O4. The number of nitrogens with zero attached hydrogens (tertiary/aromatic N) is 4. The highest BCUT2D eigenvalue weighted by Crippen LogP contribution is 2.44. The predicted octanol–water partition coefficient (Wildman–Crippen LogP) is 1.38. The first-order valence-corrected chi connectivity index (χ1v) is 9.69. The molecule has 164 valence electrons. The van der Waals surface area contributed by atoms with Gasteiger partial charge in [-0.15, -0.1) is 0 Å². The van der Waals surface area contributed by atoms with Crippen LogP contribution in [0.4, 0.5) is 17.3 Å². The number of halogens is 1. The van der Waals surface area contributed by atoms with Gasteiger partial charge in [0.15, 0.2) is 24.3 Å². The summed E-state index contributed by atoms with van der Waals surface area (Å²) in [5.41, 5.74) is 13.2. The third-order valence-corrected chi connectivity index (χ3v) is 5.08. The van der Waals surface area contributed by atoms with Gasteiger partial charge in [0.25, 0.3) is 0 Å². The minimum absolute atomic E-state index is 0.0199. The van der Waals surface area contributed by atoms with E-state index in [4.69, 9.17) is 26.2 Å². The first kappa shape index (κ1) is 22.5. The summed E-state index contributed by atoms with van der Waals surface area (Å²) < 4.78 is 16.0. The predicted molar refractivity (Wildman–Crippen MR) is 118 cm³/mol. The molecule has 1 aromatic heterocycles. The lowest BCUT2D eigenvalue weighted by atomic mass is 9.95.